The van der Waals surface area contributed by atoms with Crippen LogP contribution in [0.15, 0.2) is 29.6 Å². The highest BCUT2D eigenvalue weighted by atomic mass is 32.1. The summed E-state index contributed by atoms with van der Waals surface area (Å²) in [4.78, 5) is 18.4. The molecule has 1 aromatic heterocycles. The Labute approximate surface area is 127 Å². The van der Waals surface area contributed by atoms with E-state index >= 15 is 0 Å². The lowest BCUT2D eigenvalue weighted by Crippen LogP contribution is -2.23. The normalized spacial score (nSPS) is 18.3. The Balaban J connectivity index is 1.59. The second-order valence-electron chi connectivity index (χ2n) is 5.66. The van der Waals surface area contributed by atoms with Gasteiger partial charge in [-0.05, 0) is 31.4 Å². The Morgan fingerprint density at radius 1 is 1.33 bits per heavy atom. The van der Waals surface area contributed by atoms with Gasteiger partial charge in [-0.15, -0.1) is 11.3 Å². The monoisotopic (exact) mass is 299 g/mol. The minimum Gasteiger partial charge on any atom is -0.359 e. The number of carbonyl (C=O) groups is 1. The number of hydrogen-bond acceptors (Lipinski definition) is 4. The third-order valence-corrected chi connectivity index (χ3v) is 4.71. The fourth-order valence-corrected chi connectivity index (χ4v) is 3.43. The Hall–Kier alpha value is -1.88. The summed E-state index contributed by atoms with van der Waals surface area (Å²) in [6.45, 7) is 0.827. The lowest BCUT2D eigenvalue weighted by atomic mass is 10.1. The topological polar surface area (TPSA) is 45.2 Å². The van der Waals surface area contributed by atoms with Gasteiger partial charge in [0.15, 0.2) is 5.13 Å². The standard InChI is InChI=1S/C16H17N3OS/c20-15-5-2-8-19(15)13-4-1-3-11(9-13)14-10-21-16(18-14)17-12-6-7-12/h1,3-4,9-10,12H,2,5-8H2,(H,17,18). The number of nitrogens with zero attached hydrogens (tertiary/aromatic N) is 2. The largest absolute Gasteiger partial charge is 0.359 e. The number of anilines is 2. The first-order valence-electron chi connectivity index (χ1n) is 7.42. The van der Waals surface area contributed by atoms with E-state index in [1.807, 2.05) is 17.0 Å². The van der Waals surface area contributed by atoms with E-state index in [4.69, 9.17) is 0 Å². The average molecular weight is 299 g/mol. The SMILES string of the molecule is O=C1CCCN1c1cccc(-c2csc(NC3CC3)n2)c1. The predicted octanol–water partition coefficient (Wildman–Crippen LogP) is 3.51. The molecule has 0 unspecified atom stereocenters. The molecule has 1 amide bonds. The summed E-state index contributed by atoms with van der Waals surface area (Å²) in [5, 5.41) is 6.50. The van der Waals surface area contributed by atoms with Crippen molar-refractivity contribution in [3.05, 3.63) is 29.6 Å². The molecule has 4 rings (SSSR count). The van der Waals surface area contributed by atoms with E-state index in [2.05, 4.69) is 27.8 Å². The first-order chi connectivity index (χ1) is 10.3. The lowest BCUT2D eigenvalue weighted by Gasteiger charge is -2.16. The molecule has 1 saturated carbocycles. The molecule has 1 aliphatic carbocycles. The molecule has 108 valence electrons. The highest BCUT2D eigenvalue weighted by Crippen LogP contribution is 2.32. The maximum atomic E-state index is 11.9. The van der Waals surface area contributed by atoms with Gasteiger partial charge in [0.05, 0.1) is 5.69 Å². The van der Waals surface area contributed by atoms with Gasteiger partial charge in [0, 0.05) is 35.6 Å². The number of benzene rings is 1. The van der Waals surface area contributed by atoms with Crippen molar-refractivity contribution in [3.8, 4) is 11.3 Å². The van der Waals surface area contributed by atoms with E-state index in [9.17, 15) is 4.79 Å². The molecule has 5 heteroatoms. The Morgan fingerprint density at radius 2 is 2.24 bits per heavy atom. The van der Waals surface area contributed by atoms with Crippen molar-refractivity contribution in [2.24, 2.45) is 0 Å². The molecule has 21 heavy (non-hydrogen) atoms. The highest BCUT2D eigenvalue weighted by Gasteiger charge is 2.23. The zero-order valence-corrected chi connectivity index (χ0v) is 12.5. The van der Waals surface area contributed by atoms with E-state index in [-0.39, 0.29) is 5.91 Å². The van der Waals surface area contributed by atoms with Crippen LogP contribution >= 0.6 is 11.3 Å². The molecule has 0 atom stereocenters. The third kappa shape index (κ3) is 2.65. The third-order valence-electron chi connectivity index (χ3n) is 3.94. The van der Waals surface area contributed by atoms with Gasteiger partial charge in [0.2, 0.25) is 5.91 Å². The van der Waals surface area contributed by atoms with Gasteiger partial charge < -0.3 is 10.2 Å². The Morgan fingerprint density at radius 3 is 3.00 bits per heavy atom. The highest BCUT2D eigenvalue weighted by molar-refractivity contribution is 7.14. The van der Waals surface area contributed by atoms with Crippen molar-refractivity contribution in [1.82, 2.24) is 4.98 Å². The van der Waals surface area contributed by atoms with Crippen molar-refractivity contribution in [2.75, 3.05) is 16.8 Å². The molecule has 2 aliphatic rings. The molecule has 1 aromatic carbocycles. The molecule has 2 aromatic rings. The second kappa shape index (κ2) is 5.15. The van der Waals surface area contributed by atoms with Crippen LogP contribution in [0.1, 0.15) is 25.7 Å². The maximum Gasteiger partial charge on any atom is 0.227 e. The smallest absolute Gasteiger partial charge is 0.227 e. The van der Waals surface area contributed by atoms with E-state index < -0.39 is 0 Å². The number of aromatic nitrogens is 1. The number of carbonyl (C=O) groups excluding carboxylic acids is 1. The van der Waals surface area contributed by atoms with Crippen molar-refractivity contribution in [1.29, 1.82) is 0 Å². The quantitative estimate of drug-likeness (QED) is 0.939. The number of nitrogens with one attached hydrogen (secondary N) is 1. The van der Waals surface area contributed by atoms with Crippen LogP contribution in [-0.2, 0) is 4.79 Å². The van der Waals surface area contributed by atoms with Crippen molar-refractivity contribution < 1.29 is 4.79 Å². The summed E-state index contributed by atoms with van der Waals surface area (Å²) in [5.74, 6) is 0.224. The van der Waals surface area contributed by atoms with Crippen LogP contribution in [0.5, 0.6) is 0 Å². The molecule has 1 saturated heterocycles. The van der Waals surface area contributed by atoms with Crippen molar-refractivity contribution in [3.63, 3.8) is 0 Å². The summed E-state index contributed by atoms with van der Waals surface area (Å²) in [6, 6.07) is 8.75. The van der Waals surface area contributed by atoms with Gasteiger partial charge in [-0.2, -0.15) is 0 Å². The second-order valence-corrected chi connectivity index (χ2v) is 6.51. The first kappa shape index (κ1) is 12.8. The zero-order valence-electron chi connectivity index (χ0n) is 11.7. The fraction of sp³-hybridized carbons (Fsp3) is 0.375. The maximum absolute atomic E-state index is 11.9. The van der Waals surface area contributed by atoms with Gasteiger partial charge in [-0.1, -0.05) is 12.1 Å². The molecule has 2 fully saturated rings. The predicted molar refractivity (Wildman–Crippen MR) is 85.8 cm³/mol. The van der Waals surface area contributed by atoms with Gasteiger partial charge in [0.25, 0.3) is 0 Å². The summed E-state index contributed by atoms with van der Waals surface area (Å²) in [5.41, 5.74) is 3.05. The first-order valence-corrected chi connectivity index (χ1v) is 8.30. The minimum absolute atomic E-state index is 0.224. The lowest BCUT2D eigenvalue weighted by molar-refractivity contribution is -0.117. The average Bonchev–Trinajstić information content (AvgIpc) is 3.00. The summed E-state index contributed by atoms with van der Waals surface area (Å²) < 4.78 is 0. The van der Waals surface area contributed by atoms with Crippen molar-refractivity contribution >= 4 is 28.1 Å². The summed E-state index contributed by atoms with van der Waals surface area (Å²) >= 11 is 1.65. The molecule has 4 nitrogen and oxygen atoms in total. The molecular formula is C16H17N3OS. The minimum atomic E-state index is 0.224. The van der Waals surface area contributed by atoms with Crippen molar-refractivity contribution in [2.45, 2.75) is 31.7 Å². The van der Waals surface area contributed by atoms with Gasteiger partial charge in [-0.25, -0.2) is 4.98 Å². The Kier molecular flexibility index (Phi) is 3.15. The van der Waals surface area contributed by atoms with Crippen LogP contribution in [-0.4, -0.2) is 23.5 Å². The fourth-order valence-electron chi connectivity index (χ4n) is 2.63. The Bertz CT molecular complexity index is 678. The summed E-state index contributed by atoms with van der Waals surface area (Å²) in [7, 11) is 0. The van der Waals surface area contributed by atoms with Crippen LogP contribution in [0.2, 0.25) is 0 Å². The van der Waals surface area contributed by atoms with E-state index in [0.29, 0.717) is 12.5 Å². The number of hydrogen-bond donors (Lipinski definition) is 1. The van der Waals surface area contributed by atoms with Gasteiger partial charge in [-0.3, -0.25) is 4.79 Å². The number of amides is 1. The summed E-state index contributed by atoms with van der Waals surface area (Å²) in [6.07, 6.45) is 4.12. The molecule has 0 spiro atoms. The van der Waals surface area contributed by atoms with E-state index in [1.165, 1.54) is 12.8 Å². The molecule has 0 radical (unpaired) electrons. The van der Waals surface area contributed by atoms with Crippen LogP contribution in [0, 0.1) is 0 Å². The molecule has 0 bridgehead atoms. The van der Waals surface area contributed by atoms with E-state index in [1.54, 1.807) is 11.3 Å². The van der Waals surface area contributed by atoms with Gasteiger partial charge >= 0.3 is 0 Å². The van der Waals surface area contributed by atoms with E-state index in [0.717, 1.165) is 35.0 Å². The van der Waals surface area contributed by atoms with Crippen LogP contribution in [0.4, 0.5) is 10.8 Å². The number of rotatable bonds is 4. The molecule has 1 aliphatic heterocycles. The van der Waals surface area contributed by atoms with Crippen LogP contribution in [0.3, 0.4) is 0 Å². The van der Waals surface area contributed by atoms with Crippen LogP contribution in [0.25, 0.3) is 11.3 Å². The molecular weight excluding hydrogens is 282 g/mol. The zero-order chi connectivity index (χ0) is 14.2. The number of thiazole rings is 1. The van der Waals surface area contributed by atoms with Crippen LogP contribution < -0.4 is 10.2 Å². The molecule has 2 heterocycles. The molecule has 1 N–H and O–H groups in total. The van der Waals surface area contributed by atoms with Gasteiger partial charge in [0.1, 0.15) is 0 Å².